The lowest BCUT2D eigenvalue weighted by atomic mass is 9.65. The molecule has 1 aliphatic carbocycles. The Labute approximate surface area is 144 Å². The van der Waals surface area contributed by atoms with E-state index in [-0.39, 0.29) is 40.8 Å². The second-order valence-electron chi connectivity index (χ2n) is 6.96. The molecule has 4 nitrogen and oxygen atoms in total. The van der Waals surface area contributed by atoms with Gasteiger partial charge in [-0.3, -0.25) is 9.59 Å². The largest absolute Gasteiger partial charge is 0.463 e. The summed E-state index contributed by atoms with van der Waals surface area (Å²) in [6.45, 7) is 9.14. The molecule has 0 radical (unpaired) electrons. The summed E-state index contributed by atoms with van der Waals surface area (Å²) in [6.07, 6.45) is 5.78. The van der Waals surface area contributed by atoms with Crippen molar-refractivity contribution in [1.82, 2.24) is 0 Å². The molecule has 0 saturated heterocycles. The number of esters is 1. The van der Waals surface area contributed by atoms with Crippen molar-refractivity contribution in [3.05, 3.63) is 12.2 Å². The van der Waals surface area contributed by atoms with Crippen molar-refractivity contribution in [1.29, 1.82) is 0 Å². The van der Waals surface area contributed by atoms with E-state index in [2.05, 4.69) is 32.9 Å². The van der Waals surface area contributed by atoms with Gasteiger partial charge in [0.1, 0.15) is 12.4 Å². The van der Waals surface area contributed by atoms with E-state index in [9.17, 15) is 9.59 Å². The molecular weight excluding hydrogens is 312 g/mol. The van der Waals surface area contributed by atoms with Crippen molar-refractivity contribution >= 4 is 23.5 Å². The molecule has 0 bridgehead atoms. The second-order valence-corrected chi connectivity index (χ2v) is 8.39. The van der Waals surface area contributed by atoms with Gasteiger partial charge in [-0.25, -0.2) is 0 Å². The Bertz CT molecular complexity index is 431. The molecule has 1 aliphatic rings. The van der Waals surface area contributed by atoms with Crippen LogP contribution in [0.25, 0.3) is 0 Å². The summed E-state index contributed by atoms with van der Waals surface area (Å²) < 4.78 is 9.86. The van der Waals surface area contributed by atoms with Crippen LogP contribution in [0.15, 0.2) is 12.2 Å². The van der Waals surface area contributed by atoms with Gasteiger partial charge in [0.15, 0.2) is 0 Å². The maximum atomic E-state index is 12.7. The van der Waals surface area contributed by atoms with Crippen LogP contribution in [0.1, 0.15) is 40.5 Å². The van der Waals surface area contributed by atoms with E-state index in [0.717, 1.165) is 6.42 Å². The maximum Gasteiger partial charge on any atom is 0.315 e. The van der Waals surface area contributed by atoms with Crippen molar-refractivity contribution in [2.75, 3.05) is 26.1 Å². The fraction of sp³-hybridized carbons (Fsp3) is 0.778. The first-order valence-electron chi connectivity index (χ1n) is 8.23. The topological polar surface area (TPSA) is 52.6 Å². The monoisotopic (exact) mass is 342 g/mol. The second kappa shape index (κ2) is 9.48. The van der Waals surface area contributed by atoms with E-state index in [0.29, 0.717) is 18.8 Å². The predicted molar refractivity (Wildman–Crippen MR) is 94.6 cm³/mol. The average Bonchev–Trinajstić information content (AvgIpc) is 2.44. The molecule has 0 N–H and O–H groups in total. The summed E-state index contributed by atoms with van der Waals surface area (Å²) in [4.78, 5) is 24.3. The third-order valence-corrected chi connectivity index (χ3v) is 5.46. The Kier molecular flexibility index (Phi) is 8.34. The molecule has 0 amide bonds. The first-order valence-corrected chi connectivity index (χ1v) is 9.28. The molecule has 0 aromatic heterocycles. The van der Waals surface area contributed by atoms with Gasteiger partial charge in [0.2, 0.25) is 0 Å². The SMILES string of the molecule is COCCOC(=O)CSC(C)CC(=O)C1C(C)C=CCC1(C)C. The van der Waals surface area contributed by atoms with Crippen molar-refractivity contribution < 1.29 is 19.1 Å². The molecule has 23 heavy (non-hydrogen) atoms. The number of rotatable bonds is 9. The smallest absolute Gasteiger partial charge is 0.315 e. The minimum Gasteiger partial charge on any atom is -0.463 e. The number of Topliss-reactive ketones (excluding diaryl/α,β-unsaturated/α-hetero) is 1. The zero-order chi connectivity index (χ0) is 17.5. The van der Waals surface area contributed by atoms with E-state index < -0.39 is 0 Å². The molecule has 0 aromatic carbocycles. The molecule has 0 aromatic rings. The van der Waals surface area contributed by atoms with E-state index in [1.807, 2.05) is 6.92 Å². The van der Waals surface area contributed by atoms with Gasteiger partial charge in [-0.05, 0) is 17.8 Å². The van der Waals surface area contributed by atoms with Crippen LogP contribution in [0, 0.1) is 17.3 Å². The normalized spacial score (nSPS) is 24.2. The lowest BCUT2D eigenvalue weighted by Crippen LogP contribution is -2.38. The summed E-state index contributed by atoms with van der Waals surface area (Å²) in [5, 5.41) is 0.117. The molecule has 0 saturated carbocycles. The average molecular weight is 343 g/mol. The van der Waals surface area contributed by atoms with Gasteiger partial charge in [-0.1, -0.05) is 39.8 Å². The van der Waals surface area contributed by atoms with Crippen LogP contribution < -0.4 is 0 Å². The van der Waals surface area contributed by atoms with Crippen LogP contribution in [0.4, 0.5) is 0 Å². The lowest BCUT2D eigenvalue weighted by Gasteiger charge is -2.39. The van der Waals surface area contributed by atoms with E-state index in [1.165, 1.54) is 11.8 Å². The molecule has 132 valence electrons. The minimum absolute atomic E-state index is 0.00865. The van der Waals surface area contributed by atoms with Gasteiger partial charge in [0, 0.05) is 24.7 Å². The number of hydrogen-bond donors (Lipinski definition) is 0. The molecule has 0 spiro atoms. The number of thioether (sulfide) groups is 1. The lowest BCUT2D eigenvalue weighted by molar-refractivity contribution is -0.141. The fourth-order valence-electron chi connectivity index (χ4n) is 3.23. The Morgan fingerprint density at radius 3 is 2.65 bits per heavy atom. The van der Waals surface area contributed by atoms with Gasteiger partial charge < -0.3 is 9.47 Å². The summed E-state index contributed by atoms with van der Waals surface area (Å²) >= 11 is 1.48. The maximum absolute atomic E-state index is 12.7. The van der Waals surface area contributed by atoms with E-state index in [4.69, 9.17) is 9.47 Å². The number of methoxy groups -OCH3 is 1. The number of allylic oxidation sites excluding steroid dienone is 2. The third-order valence-electron chi connectivity index (χ3n) is 4.32. The Balaban J connectivity index is 2.41. The third kappa shape index (κ3) is 6.68. The number of carbonyl (C=O) groups is 2. The molecule has 5 heteroatoms. The molecule has 3 unspecified atom stereocenters. The van der Waals surface area contributed by atoms with Crippen LogP contribution in [-0.4, -0.2) is 43.1 Å². The fourth-order valence-corrected chi connectivity index (χ4v) is 4.01. The first kappa shape index (κ1) is 20.2. The van der Waals surface area contributed by atoms with Crippen LogP contribution in [0.5, 0.6) is 0 Å². The Hall–Kier alpha value is -0.810. The molecule has 3 atom stereocenters. The van der Waals surface area contributed by atoms with Crippen LogP contribution in [0.3, 0.4) is 0 Å². The van der Waals surface area contributed by atoms with Crippen LogP contribution >= 0.6 is 11.8 Å². The van der Waals surface area contributed by atoms with E-state index >= 15 is 0 Å². The molecular formula is C18H30O4S. The highest BCUT2D eigenvalue weighted by molar-refractivity contribution is 8.00. The van der Waals surface area contributed by atoms with E-state index in [1.54, 1.807) is 7.11 Å². The first-order chi connectivity index (χ1) is 10.8. The van der Waals surface area contributed by atoms with Crippen LogP contribution in [-0.2, 0) is 19.1 Å². The number of carbonyl (C=O) groups excluding carboxylic acids is 2. The Morgan fingerprint density at radius 1 is 1.35 bits per heavy atom. The number of ketones is 1. The van der Waals surface area contributed by atoms with Crippen molar-refractivity contribution in [2.45, 2.75) is 45.8 Å². The zero-order valence-electron chi connectivity index (χ0n) is 15.0. The van der Waals surface area contributed by atoms with Gasteiger partial charge in [0.25, 0.3) is 0 Å². The van der Waals surface area contributed by atoms with Gasteiger partial charge in [-0.2, -0.15) is 0 Å². The highest BCUT2D eigenvalue weighted by atomic mass is 32.2. The molecule has 0 fully saturated rings. The minimum atomic E-state index is -0.249. The van der Waals surface area contributed by atoms with Crippen molar-refractivity contribution in [2.24, 2.45) is 17.3 Å². The quantitative estimate of drug-likeness (QED) is 0.365. The summed E-state index contributed by atoms with van der Waals surface area (Å²) in [6, 6.07) is 0. The number of ether oxygens (including phenoxy) is 2. The van der Waals surface area contributed by atoms with Crippen molar-refractivity contribution in [3.8, 4) is 0 Å². The zero-order valence-corrected chi connectivity index (χ0v) is 15.8. The standard InChI is InChI=1S/C18H30O4S/c1-13-7-6-8-18(3,4)17(13)15(19)11-14(2)23-12-16(20)22-10-9-21-5/h6-7,13-14,17H,8-12H2,1-5H3. The summed E-state index contributed by atoms with van der Waals surface area (Å²) in [5.41, 5.74) is 0.00865. The Morgan fingerprint density at radius 2 is 2.04 bits per heavy atom. The van der Waals surface area contributed by atoms with Crippen LogP contribution in [0.2, 0.25) is 0 Å². The van der Waals surface area contributed by atoms with Gasteiger partial charge in [-0.15, -0.1) is 11.8 Å². The number of hydrogen-bond acceptors (Lipinski definition) is 5. The molecule has 0 aliphatic heterocycles. The highest BCUT2D eigenvalue weighted by Crippen LogP contribution is 2.42. The molecule has 1 rings (SSSR count). The summed E-state index contributed by atoms with van der Waals surface area (Å²) in [5.74, 6) is 0.675. The van der Waals surface area contributed by atoms with Crippen molar-refractivity contribution in [3.63, 3.8) is 0 Å². The predicted octanol–water partition coefficient (Wildman–Crippen LogP) is 3.50. The van der Waals surface area contributed by atoms with Gasteiger partial charge >= 0.3 is 5.97 Å². The highest BCUT2D eigenvalue weighted by Gasteiger charge is 2.39. The van der Waals surface area contributed by atoms with Gasteiger partial charge in [0.05, 0.1) is 12.4 Å². The summed E-state index contributed by atoms with van der Waals surface area (Å²) in [7, 11) is 1.57. The molecule has 0 heterocycles.